The van der Waals surface area contributed by atoms with E-state index in [2.05, 4.69) is 15.1 Å². The molecular formula is C17H20ClN3O2S. The highest BCUT2D eigenvalue weighted by molar-refractivity contribution is 7.15. The SMILES string of the molecule is Clc1ccc(Cc2nnc(N3CCOC4(CCOCC4)C3)s2)cc1. The summed E-state index contributed by atoms with van der Waals surface area (Å²) in [6.07, 6.45) is 2.71. The van der Waals surface area contributed by atoms with Crippen LogP contribution in [0.1, 0.15) is 23.4 Å². The Bertz CT molecular complexity index is 680. The lowest BCUT2D eigenvalue weighted by molar-refractivity contribution is -0.116. The van der Waals surface area contributed by atoms with E-state index >= 15 is 0 Å². The van der Waals surface area contributed by atoms with E-state index in [1.54, 1.807) is 11.3 Å². The Balaban J connectivity index is 1.45. The highest BCUT2D eigenvalue weighted by Crippen LogP contribution is 2.32. The van der Waals surface area contributed by atoms with E-state index in [0.29, 0.717) is 0 Å². The Kier molecular flexibility index (Phi) is 4.72. The van der Waals surface area contributed by atoms with Crippen molar-refractivity contribution < 1.29 is 9.47 Å². The molecule has 2 aromatic rings. The first kappa shape index (κ1) is 16.3. The Hall–Kier alpha value is -1.21. The third-order valence-corrected chi connectivity index (χ3v) is 5.88. The highest BCUT2D eigenvalue weighted by atomic mass is 35.5. The van der Waals surface area contributed by atoms with Crippen LogP contribution < -0.4 is 4.90 Å². The maximum absolute atomic E-state index is 6.09. The molecule has 0 aliphatic carbocycles. The lowest BCUT2D eigenvalue weighted by Crippen LogP contribution is -2.54. The van der Waals surface area contributed by atoms with Gasteiger partial charge in [0.05, 0.1) is 12.2 Å². The molecule has 1 aromatic carbocycles. The summed E-state index contributed by atoms with van der Waals surface area (Å²) in [5.41, 5.74) is 1.13. The van der Waals surface area contributed by atoms with E-state index in [9.17, 15) is 0 Å². The average Bonchev–Trinajstić information content (AvgIpc) is 3.06. The Morgan fingerprint density at radius 1 is 1.12 bits per heavy atom. The topological polar surface area (TPSA) is 47.5 Å². The second-order valence-corrected chi connectivity index (χ2v) is 7.82. The molecule has 0 unspecified atom stereocenters. The second-order valence-electron chi connectivity index (χ2n) is 6.35. The second kappa shape index (κ2) is 6.96. The molecule has 128 valence electrons. The molecule has 0 saturated carbocycles. The molecule has 4 rings (SSSR count). The number of anilines is 1. The van der Waals surface area contributed by atoms with Crippen molar-refractivity contribution in [2.75, 3.05) is 37.8 Å². The van der Waals surface area contributed by atoms with Crippen LogP contribution in [0.4, 0.5) is 5.13 Å². The predicted octanol–water partition coefficient (Wildman–Crippen LogP) is 3.17. The quantitative estimate of drug-likeness (QED) is 0.836. The zero-order valence-electron chi connectivity index (χ0n) is 13.4. The first-order valence-electron chi connectivity index (χ1n) is 8.26. The van der Waals surface area contributed by atoms with Crippen molar-refractivity contribution >= 4 is 28.1 Å². The molecular weight excluding hydrogens is 346 g/mol. The van der Waals surface area contributed by atoms with E-state index in [4.69, 9.17) is 21.1 Å². The van der Waals surface area contributed by atoms with Gasteiger partial charge in [-0.1, -0.05) is 35.1 Å². The monoisotopic (exact) mass is 365 g/mol. The molecule has 2 aliphatic heterocycles. The smallest absolute Gasteiger partial charge is 0.208 e. The molecule has 24 heavy (non-hydrogen) atoms. The number of hydrogen-bond acceptors (Lipinski definition) is 6. The molecule has 5 nitrogen and oxygen atoms in total. The van der Waals surface area contributed by atoms with Gasteiger partial charge in [-0.2, -0.15) is 0 Å². The largest absolute Gasteiger partial charge is 0.381 e. The number of hydrogen-bond donors (Lipinski definition) is 0. The van der Waals surface area contributed by atoms with Gasteiger partial charge in [0.15, 0.2) is 0 Å². The van der Waals surface area contributed by atoms with Crippen molar-refractivity contribution in [3.05, 3.63) is 39.9 Å². The Morgan fingerprint density at radius 2 is 1.92 bits per heavy atom. The van der Waals surface area contributed by atoms with Crippen LogP contribution in [0.25, 0.3) is 0 Å². The summed E-state index contributed by atoms with van der Waals surface area (Å²) >= 11 is 7.61. The molecule has 1 aromatic heterocycles. The van der Waals surface area contributed by atoms with Gasteiger partial charge in [0, 0.05) is 50.6 Å². The van der Waals surface area contributed by atoms with Gasteiger partial charge in [-0.25, -0.2) is 0 Å². The number of halogens is 1. The maximum Gasteiger partial charge on any atom is 0.208 e. The first-order chi connectivity index (χ1) is 11.7. The summed E-state index contributed by atoms with van der Waals surface area (Å²) < 4.78 is 11.6. The minimum Gasteiger partial charge on any atom is -0.381 e. The third-order valence-electron chi connectivity index (χ3n) is 4.65. The molecule has 0 N–H and O–H groups in total. The third kappa shape index (κ3) is 3.57. The van der Waals surface area contributed by atoms with Crippen LogP contribution >= 0.6 is 22.9 Å². The Morgan fingerprint density at radius 3 is 2.71 bits per heavy atom. The normalized spacial score (nSPS) is 20.5. The van der Waals surface area contributed by atoms with Crippen molar-refractivity contribution in [3.8, 4) is 0 Å². The molecule has 0 bridgehead atoms. The lowest BCUT2D eigenvalue weighted by Gasteiger charge is -2.44. The molecule has 0 amide bonds. The van der Waals surface area contributed by atoms with Crippen molar-refractivity contribution in [3.63, 3.8) is 0 Å². The zero-order chi connectivity index (χ0) is 16.4. The number of morpholine rings is 1. The van der Waals surface area contributed by atoms with Crippen LogP contribution in [-0.4, -0.2) is 48.7 Å². The van der Waals surface area contributed by atoms with E-state index in [0.717, 1.165) is 67.3 Å². The summed E-state index contributed by atoms with van der Waals surface area (Å²) in [5.74, 6) is 0. The number of nitrogens with zero attached hydrogens (tertiary/aromatic N) is 3. The van der Waals surface area contributed by atoms with Crippen LogP contribution in [0.2, 0.25) is 5.02 Å². The van der Waals surface area contributed by atoms with Gasteiger partial charge in [0.1, 0.15) is 5.01 Å². The van der Waals surface area contributed by atoms with Crippen LogP contribution in [0.3, 0.4) is 0 Å². The van der Waals surface area contributed by atoms with Gasteiger partial charge in [-0.15, -0.1) is 10.2 Å². The molecule has 2 aliphatic rings. The molecule has 2 saturated heterocycles. The van der Waals surface area contributed by atoms with Crippen LogP contribution in [0.5, 0.6) is 0 Å². The number of ether oxygens (including phenoxy) is 2. The van der Waals surface area contributed by atoms with E-state index in [1.165, 1.54) is 5.56 Å². The molecule has 0 radical (unpaired) electrons. The molecule has 2 fully saturated rings. The van der Waals surface area contributed by atoms with Crippen molar-refractivity contribution in [1.29, 1.82) is 0 Å². The number of aromatic nitrogens is 2. The van der Waals surface area contributed by atoms with Crippen LogP contribution in [0.15, 0.2) is 24.3 Å². The Labute approximate surface area is 150 Å². The fraction of sp³-hybridized carbons (Fsp3) is 0.529. The summed E-state index contributed by atoms with van der Waals surface area (Å²) in [5, 5.41) is 11.6. The average molecular weight is 366 g/mol. The maximum atomic E-state index is 6.09. The van der Waals surface area contributed by atoms with Crippen LogP contribution in [-0.2, 0) is 15.9 Å². The zero-order valence-corrected chi connectivity index (χ0v) is 15.0. The summed E-state index contributed by atoms with van der Waals surface area (Å²) in [6.45, 7) is 4.06. The van der Waals surface area contributed by atoms with E-state index < -0.39 is 0 Å². The number of benzene rings is 1. The van der Waals surface area contributed by atoms with Gasteiger partial charge in [-0.05, 0) is 17.7 Å². The van der Waals surface area contributed by atoms with Gasteiger partial charge in [-0.3, -0.25) is 0 Å². The van der Waals surface area contributed by atoms with Gasteiger partial charge in [0.25, 0.3) is 0 Å². The summed E-state index contributed by atoms with van der Waals surface area (Å²) in [4.78, 5) is 2.32. The van der Waals surface area contributed by atoms with E-state index in [1.807, 2.05) is 24.3 Å². The van der Waals surface area contributed by atoms with Gasteiger partial charge >= 0.3 is 0 Å². The van der Waals surface area contributed by atoms with Gasteiger partial charge < -0.3 is 14.4 Å². The van der Waals surface area contributed by atoms with Crippen molar-refractivity contribution in [2.24, 2.45) is 0 Å². The molecule has 1 spiro atoms. The summed E-state index contributed by atoms with van der Waals surface area (Å²) in [6, 6.07) is 7.90. The number of rotatable bonds is 3. The van der Waals surface area contributed by atoms with Crippen molar-refractivity contribution in [1.82, 2.24) is 10.2 Å². The molecule has 0 atom stereocenters. The van der Waals surface area contributed by atoms with Gasteiger partial charge in [0.2, 0.25) is 5.13 Å². The van der Waals surface area contributed by atoms with Crippen LogP contribution in [0, 0.1) is 0 Å². The molecule has 7 heteroatoms. The summed E-state index contributed by atoms with van der Waals surface area (Å²) in [7, 11) is 0. The predicted molar refractivity (Wildman–Crippen MR) is 95.1 cm³/mol. The minimum absolute atomic E-state index is 0.0709. The fourth-order valence-corrected chi connectivity index (χ4v) is 4.30. The van der Waals surface area contributed by atoms with Crippen molar-refractivity contribution in [2.45, 2.75) is 24.9 Å². The lowest BCUT2D eigenvalue weighted by atomic mass is 9.92. The van der Waals surface area contributed by atoms with E-state index in [-0.39, 0.29) is 5.60 Å². The standard InChI is InChI=1S/C17H20ClN3O2S/c18-14-3-1-13(2-4-14)11-15-19-20-16(24-15)21-7-10-23-17(12-21)5-8-22-9-6-17/h1-4H,5-12H2. The molecule has 3 heterocycles. The highest BCUT2D eigenvalue weighted by Gasteiger charge is 2.39. The fourth-order valence-electron chi connectivity index (χ4n) is 3.27. The first-order valence-corrected chi connectivity index (χ1v) is 9.45. The minimum atomic E-state index is -0.0709.